The third-order valence-electron chi connectivity index (χ3n) is 4.67. The molecule has 1 aliphatic rings. The van der Waals surface area contributed by atoms with Gasteiger partial charge in [-0.25, -0.2) is 4.79 Å². The van der Waals surface area contributed by atoms with E-state index >= 15 is 0 Å². The van der Waals surface area contributed by atoms with Gasteiger partial charge in [-0.05, 0) is 68.2 Å². The van der Waals surface area contributed by atoms with Crippen molar-refractivity contribution in [2.75, 3.05) is 6.54 Å². The molecule has 1 saturated heterocycles. The Kier molecular flexibility index (Phi) is 8.29. The van der Waals surface area contributed by atoms with Gasteiger partial charge in [-0.3, -0.25) is 14.5 Å². The maximum atomic E-state index is 13.3. The molecular formula is C20H37N3O5. The van der Waals surface area contributed by atoms with Crippen molar-refractivity contribution >= 4 is 17.9 Å². The summed E-state index contributed by atoms with van der Waals surface area (Å²) in [7, 11) is 0. The van der Waals surface area contributed by atoms with E-state index in [0.29, 0.717) is 12.8 Å². The molecule has 0 saturated carbocycles. The molecule has 1 fully saturated rings. The van der Waals surface area contributed by atoms with Gasteiger partial charge >= 0.3 is 6.09 Å². The van der Waals surface area contributed by atoms with Gasteiger partial charge in [-0.15, -0.1) is 0 Å². The van der Waals surface area contributed by atoms with Crippen LogP contribution in [0.1, 0.15) is 68.2 Å². The van der Waals surface area contributed by atoms with E-state index in [1.54, 1.807) is 27.7 Å². The Morgan fingerprint density at radius 1 is 1.21 bits per heavy atom. The number of ether oxygens (including phenoxy) is 1. The molecular weight excluding hydrogens is 362 g/mol. The molecule has 3 amide bonds. The van der Waals surface area contributed by atoms with Crippen LogP contribution in [0.5, 0.6) is 0 Å². The molecule has 0 aliphatic carbocycles. The average molecular weight is 400 g/mol. The van der Waals surface area contributed by atoms with Crippen molar-refractivity contribution in [2.24, 2.45) is 0 Å². The lowest BCUT2D eigenvalue weighted by molar-refractivity contribution is -0.147. The molecule has 0 aromatic rings. The number of carbonyl (C=O) groups is 3. The van der Waals surface area contributed by atoms with Gasteiger partial charge in [0, 0.05) is 18.6 Å². The van der Waals surface area contributed by atoms with E-state index in [2.05, 4.69) is 5.32 Å². The van der Waals surface area contributed by atoms with Crippen LogP contribution in [0.2, 0.25) is 0 Å². The lowest BCUT2D eigenvalue weighted by atomic mass is 10.1. The van der Waals surface area contributed by atoms with Crippen LogP contribution in [0.25, 0.3) is 0 Å². The fourth-order valence-corrected chi connectivity index (χ4v) is 3.52. The highest BCUT2D eigenvalue weighted by Gasteiger charge is 2.45. The van der Waals surface area contributed by atoms with E-state index < -0.39 is 35.8 Å². The van der Waals surface area contributed by atoms with Gasteiger partial charge < -0.3 is 20.1 Å². The molecule has 2 unspecified atom stereocenters. The van der Waals surface area contributed by atoms with E-state index in [-0.39, 0.29) is 24.5 Å². The second kappa shape index (κ2) is 9.58. The van der Waals surface area contributed by atoms with Crippen LogP contribution >= 0.6 is 0 Å². The Morgan fingerprint density at radius 3 is 2.21 bits per heavy atom. The van der Waals surface area contributed by atoms with Crippen LogP contribution in [0.4, 0.5) is 4.79 Å². The quantitative estimate of drug-likeness (QED) is 0.711. The first-order chi connectivity index (χ1) is 12.8. The molecule has 0 aromatic carbocycles. The largest absolute Gasteiger partial charge is 0.444 e. The second-order valence-electron chi connectivity index (χ2n) is 8.80. The first-order valence-electron chi connectivity index (χ1n) is 10.1. The molecule has 0 spiro atoms. The Labute approximate surface area is 168 Å². The van der Waals surface area contributed by atoms with Crippen LogP contribution in [0.3, 0.4) is 0 Å². The topological polar surface area (TPSA) is 99.2 Å². The van der Waals surface area contributed by atoms with Crippen molar-refractivity contribution in [2.45, 2.75) is 104 Å². The minimum atomic E-state index is -1.04. The molecule has 1 heterocycles. The average Bonchev–Trinajstić information content (AvgIpc) is 2.90. The summed E-state index contributed by atoms with van der Waals surface area (Å²) in [5.74, 6) is -0.752. The Morgan fingerprint density at radius 2 is 1.79 bits per heavy atom. The van der Waals surface area contributed by atoms with Crippen molar-refractivity contribution in [3.63, 3.8) is 0 Å². The number of nitrogens with one attached hydrogen (secondary N) is 1. The number of hydrogen-bond donors (Lipinski definition) is 2. The minimum absolute atomic E-state index is 0.118. The molecule has 2 N–H and O–H groups in total. The number of aliphatic hydroxyl groups is 1. The Balaban J connectivity index is 3.11. The number of nitrogens with zero attached hydrogens (tertiary/aromatic N) is 2. The summed E-state index contributed by atoms with van der Waals surface area (Å²) in [6.07, 6.45) is -0.415. The smallest absolute Gasteiger partial charge is 0.411 e. The maximum Gasteiger partial charge on any atom is 0.411 e. The third-order valence-corrected chi connectivity index (χ3v) is 4.67. The number of rotatable bonds is 6. The zero-order valence-electron chi connectivity index (χ0n) is 18.5. The van der Waals surface area contributed by atoms with Crippen LogP contribution in [-0.2, 0) is 14.3 Å². The monoisotopic (exact) mass is 399 g/mol. The maximum absolute atomic E-state index is 13.3. The molecule has 0 bridgehead atoms. The van der Waals surface area contributed by atoms with E-state index in [4.69, 9.17) is 4.74 Å². The van der Waals surface area contributed by atoms with Gasteiger partial charge in [-0.1, -0.05) is 0 Å². The van der Waals surface area contributed by atoms with Gasteiger partial charge in [0.1, 0.15) is 17.7 Å². The second-order valence-corrected chi connectivity index (χ2v) is 8.80. The molecule has 4 atom stereocenters. The van der Waals surface area contributed by atoms with Crippen LogP contribution < -0.4 is 5.32 Å². The summed E-state index contributed by atoms with van der Waals surface area (Å²) in [5, 5.41) is 13.0. The summed E-state index contributed by atoms with van der Waals surface area (Å²) >= 11 is 0. The highest BCUT2D eigenvalue weighted by atomic mass is 16.6. The first kappa shape index (κ1) is 24.2. The van der Waals surface area contributed by atoms with Crippen LogP contribution in [0.15, 0.2) is 0 Å². The van der Waals surface area contributed by atoms with Gasteiger partial charge in [-0.2, -0.15) is 0 Å². The molecule has 8 nitrogen and oxygen atoms in total. The fraction of sp³-hybridized carbons (Fsp3) is 0.850. The summed E-state index contributed by atoms with van der Waals surface area (Å²) in [6, 6.07) is -1.99. The van der Waals surface area contributed by atoms with Crippen molar-refractivity contribution in [1.29, 1.82) is 0 Å². The predicted molar refractivity (Wildman–Crippen MR) is 107 cm³/mol. The molecule has 0 radical (unpaired) electrons. The van der Waals surface area contributed by atoms with E-state index in [1.165, 1.54) is 16.7 Å². The third kappa shape index (κ3) is 6.09. The molecule has 0 aromatic heterocycles. The van der Waals surface area contributed by atoms with Crippen LogP contribution in [0, 0.1) is 0 Å². The summed E-state index contributed by atoms with van der Waals surface area (Å²) in [6.45, 7) is 14.3. The molecule has 28 heavy (non-hydrogen) atoms. The number of likely N-dealkylation sites (N-methyl/N-ethyl adjacent to an activating group) is 1. The van der Waals surface area contributed by atoms with E-state index in [0.717, 1.165) is 0 Å². The molecule has 1 rings (SSSR count). The van der Waals surface area contributed by atoms with Gasteiger partial charge in [0.25, 0.3) is 0 Å². The highest BCUT2D eigenvalue weighted by Crippen LogP contribution is 2.28. The van der Waals surface area contributed by atoms with E-state index in [1.807, 2.05) is 20.8 Å². The minimum Gasteiger partial charge on any atom is -0.444 e. The summed E-state index contributed by atoms with van der Waals surface area (Å²) in [4.78, 5) is 41.5. The lowest BCUT2D eigenvalue weighted by Crippen LogP contribution is -2.60. The number of carbonyl (C=O) groups excluding carboxylic acids is 3. The summed E-state index contributed by atoms with van der Waals surface area (Å²) in [5.41, 5.74) is -0.670. The first-order valence-corrected chi connectivity index (χ1v) is 10.1. The molecule has 1 aliphatic heterocycles. The number of hydrogen-bond acceptors (Lipinski definition) is 5. The Bertz CT molecular complexity index is 571. The fourth-order valence-electron chi connectivity index (χ4n) is 3.52. The van der Waals surface area contributed by atoms with Crippen molar-refractivity contribution in [1.82, 2.24) is 15.1 Å². The zero-order valence-corrected chi connectivity index (χ0v) is 18.5. The van der Waals surface area contributed by atoms with E-state index in [9.17, 15) is 19.5 Å². The van der Waals surface area contributed by atoms with Crippen LogP contribution in [-0.4, -0.2) is 75.2 Å². The number of amides is 3. The normalized spacial score (nSPS) is 22.0. The zero-order chi connectivity index (χ0) is 21.8. The highest BCUT2D eigenvalue weighted by molar-refractivity contribution is 5.92. The van der Waals surface area contributed by atoms with Gasteiger partial charge in [0.05, 0.1) is 6.10 Å². The Hall–Kier alpha value is -1.83. The lowest BCUT2D eigenvalue weighted by Gasteiger charge is -2.37. The predicted octanol–water partition coefficient (Wildman–Crippen LogP) is 1.90. The summed E-state index contributed by atoms with van der Waals surface area (Å²) < 4.78 is 5.48. The van der Waals surface area contributed by atoms with Gasteiger partial charge in [0.2, 0.25) is 11.8 Å². The SMILES string of the molecule is CCN(C(=O)C1CCC(C)N1C(=O)OC(C)(C)C)[C@H](C(=O)NC(C)C)[C@@H](C)O. The number of aliphatic hydroxyl groups excluding tert-OH is 1. The molecule has 8 heteroatoms. The van der Waals surface area contributed by atoms with Crippen molar-refractivity contribution in [3.05, 3.63) is 0 Å². The van der Waals surface area contributed by atoms with Gasteiger partial charge in [0.15, 0.2) is 0 Å². The standard InChI is InChI=1S/C20H37N3O5/c1-9-22(16(14(5)24)17(25)21-12(2)3)18(26)15-11-10-13(4)23(15)19(27)28-20(6,7)8/h12-16,24H,9-11H2,1-8H3,(H,21,25)/t13?,14-,15?,16+/m1/s1. The van der Waals surface area contributed by atoms with Crippen molar-refractivity contribution < 1.29 is 24.2 Å². The number of likely N-dealkylation sites (tertiary alicyclic amines) is 1. The molecule has 162 valence electrons. The van der Waals surface area contributed by atoms with Crippen molar-refractivity contribution in [3.8, 4) is 0 Å².